The fraction of sp³-hybridized carbons (Fsp3) is 0.667. The van der Waals surface area contributed by atoms with Gasteiger partial charge in [0.05, 0.1) is 5.69 Å². The van der Waals surface area contributed by atoms with Crippen LogP contribution < -0.4 is 5.73 Å². The molecule has 0 saturated carbocycles. The number of hydrogen-bond acceptors (Lipinski definition) is 2. The lowest BCUT2D eigenvalue weighted by Gasteiger charge is -2.22. The van der Waals surface area contributed by atoms with E-state index in [4.69, 9.17) is 5.73 Å². The number of nitrogens with zero attached hydrogens (tertiary/aromatic N) is 2. The third-order valence-electron chi connectivity index (χ3n) is 2.59. The van der Waals surface area contributed by atoms with Gasteiger partial charge in [0, 0.05) is 19.0 Å². The topological polar surface area (TPSA) is 43.8 Å². The van der Waals surface area contributed by atoms with E-state index in [0.29, 0.717) is 6.04 Å². The first-order valence-electron chi connectivity index (χ1n) is 4.71. The van der Waals surface area contributed by atoms with Crippen LogP contribution in [0, 0.1) is 0 Å². The van der Waals surface area contributed by atoms with E-state index in [2.05, 4.69) is 32.4 Å². The Morgan fingerprint density at radius 3 is 3.15 bits per heavy atom. The Bertz CT molecular complexity index is 319. The molecule has 0 saturated heterocycles. The highest BCUT2D eigenvalue weighted by Crippen LogP contribution is 2.24. The summed E-state index contributed by atoms with van der Waals surface area (Å²) in [6, 6.07) is 0.305. The lowest BCUT2D eigenvalue weighted by Crippen LogP contribution is -2.32. The summed E-state index contributed by atoms with van der Waals surface area (Å²) < 4.78 is 3.27. The van der Waals surface area contributed by atoms with Crippen LogP contribution in [0.5, 0.6) is 0 Å². The van der Waals surface area contributed by atoms with E-state index in [0.717, 1.165) is 36.2 Å². The van der Waals surface area contributed by atoms with Gasteiger partial charge in [-0.15, -0.1) is 0 Å². The number of rotatable bonds is 1. The number of aromatic nitrogens is 2. The summed E-state index contributed by atoms with van der Waals surface area (Å²) in [5.41, 5.74) is 7.24. The molecular formula is C9H14BrN3. The highest BCUT2D eigenvalue weighted by Gasteiger charge is 2.21. The van der Waals surface area contributed by atoms with Crippen molar-refractivity contribution in [1.82, 2.24) is 9.55 Å². The molecule has 0 spiro atoms. The van der Waals surface area contributed by atoms with Crippen molar-refractivity contribution in [3.05, 3.63) is 16.1 Å². The van der Waals surface area contributed by atoms with Crippen molar-refractivity contribution in [2.75, 3.05) is 0 Å². The SMILES string of the molecule is CCc1nc(Br)c2n1CC(N)CC2. The van der Waals surface area contributed by atoms with Gasteiger partial charge in [-0.1, -0.05) is 6.92 Å². The van der Waals surface area contributed by atoms with Gasteiger partial charge in [0.2, 0.25) is 0 Å². The molecule has 0 fully saturated rings. The van der Waals surface area contributed by atoms with E-state index in [1.165, 1.54) is 5.69 Å². The number of imidazole rings is 1. The van der Waals surface area contributed by atoms with Crippen molar-refractivity contribution in [2.24, 2.45) is 5.73 Å². The lowest BCUT2D eigenvalue weighted by atomic mass is 10.1. The molecule has 1 aromatic heterocycles. The average Bonchev–Trinajstić information content (AvgIpc) is 2.42. The van der Waals surface area contributed by atoms with Gasteiger partial charge < -0.3 is 10.3 Å². The fourth-order valence-corrected chi connectivity index (χ4v) is 2.49. The third kappa shape index (κ3) is 1.53. The molecule has 72 valence electrons. The molecule has 1 aromatic rings. The van der Waals surface area contributed by atoms with Crippen LogP contribution in [0.25, 0.3) is 0 Å². The standard InChI is InChI=1S/C9H14BrN3/c1-2-8-12-9(10)7-4-3-6(11)5-13(7)8/h6H,2-5,11H2,1H3. The van der Waals surface area contributed by atoms with Crippen molar-refractivity contribution >= 4 is 15.9 Å². The molecule has 1 unspecified atom stereocenters. The maximum absolute atomic E-state index is 5.92. The quantitative estimate of drug-likeness (QED) is 0.813. The maximum atomic E-state index is 5.92. The van der Waals surface area contributed by atoms with Gasteiger partial charge in [-0.2, -0.15) is 0 Å². The first-order valence-corrected chi connectivity index (χ1v) is 5.51. The van der Waals surface area contributed by atoms with Crippen molar-refractivity contribution in [2.45, 2.75) is 38.8 Å². The second-order valence-electron chi connectivity index (χ2n) is 3.53. The number of nitrogens with two attached hydrogens (primary N) is 1. The van der Waals surface area contributed by atoms with Crippen LogP contribution in [0.3, 0.4) is 0 Å². The molecule has 2 N–H and O–H groups in total. The molecule has 0 radical (unpaired) electrons. The summed E-state index contributed by atoms with van der Waals surface area (Å²) in [6.07, 6.45) is 3.10. The van der Waals surface area contributed by atoms with Gasteiger partial charge in [0.15, 0.2) is 0 Å². The summed E-state index contributed by atoms with van der Waals surface area (Å²) in [6.45, 7) is 3.05. The van der Waals surface area contributed by atoms with Gasteiger partial charge in [-0.3, -0.25) is 0 Å². The predicted molar refractivity (Wildman–Crippen MR) is 55.6 cm³/mol. The zero-order chi connectivity index (χ0) is 9.42. The van der Waals surface area contributed by atoms with E-state index in [9.17, 15) is 0 Å². The van der Waals surface area contributed by atoms with Gasteiger partial charge in [0.1, 0.15) is 10.4 Å². The van der Waals surface area contributed by atoms with Crippen LogP contribution in [0.2, 0.25) is 0 Å². The zero-order valence-corrected chi connectivity index (χ0v) is 9.34. The maximum Gasteiger partial charge on any atom is 0.127 e. The van der Waals surface area contributed by atoms with Crippen LogP contribution in [0.15, 0.2) is 4.60 Å². The van der Waals surface area contributed by atoms with Crippen LogP contribution in [0.4, 0.5) is 0 Å². The molecule has 2 rings (SSSR count). The summed E-state index contributed by atoms with van der Waals surface area (Å²) >= 11 is 3.49. The molecule has 1 aliphatic heterocycles. The molecule has 1 aliphatic rings. The van der Waals surface area contributed by atoms with Crippen LogP contribution in [-0.2, 0) is 19.4 Å². The number of halogens is 1. The molecule has 3 nitrogen and oxygen atoms in total. The summed E-state index contributed by atoms with van der Waals surface area (Å²) in [7, 11) is 0. The lowest BCUT2D eigenvalue weighted by molar-refractivity contribution is 0.449. The average molecular weight is 244 g/mol. The predicted octanol–water partition coefficient (Wildman–Crippen LogP) is 1.48. The van der Waals surface area contributed by atoms with Gasteiger partial charge in [-0.05, 0) is 28.8 Å². The summed E-state index contributed by atoms with van der Waals surface area (Å²) in [5.74, 6) is 1.15. The molecule has 0 aromatic carbocycles. The highest BCUT2D eigenvalue weighted by molar-refractivity contribution is 9.10. The van der Waals surface area contributed by atoms with Crippen LogP contribution in [-0.4, -0.2) is 15.6 Å². The Morgan fingerprint density at radius 1 is 1.69 bits per heavy atom. The Hall–Kier alpha value is -0.350. The molecule has 4 heteroatoms. The van der Waals surface area contributed by atoms with E-state index in [1.54, 1.807) is 0 Å². The first-order chi connectivity index (χ1) is 6.22. The van der Waals surface area contributed by atoms with Gasteiger partial charge in [0.25, 0.3) is 0 Å². The first kappa shape index (κ1) is 9.21. The number of aryl methyl sites for hydroxylation is 1. The smallest absolute Gasteiger partial charge is 0.127 e. The van der Waals surface area contributed by atoms with Crippen molar-refractivity contribution in [1.29, 1.82) is 0 Å². The van der Waals surface area contributed by atoms with Gasteiger partial charge >= 0.3 is 0 Å². The molecule has 0 aliphatic carbocycles. The minimum Gasteiger partial charge on any atom is -0.329 e. The normalized spacial score (nSPS) is 21.6. The van der Waals surface area contributed by atoms with E-state index in [1.807, 2.05) is 0 Å². The molecule has 13 heavy (non-hydrogen) atoms. The Labute approximate surface area is 86.5 Å². The summed E-state index contributed by atoms with van der Waals surface area (Å²) in [4.78, 5) is 4.47. The van der Waals surface area contributed by atoms with Crippen LogP contribution in [0.1, 0.15) is 24.9 Å². The largest absolute Gasteiger partial charge is 0.329 e. The van der Waals surface area contributed by atoms with Crippen molar-refractivity contribution < 1.29 is 0 Å². The van der Waals surface area contributed by atoms with E-state index in [-0.39, 0.29) is 0 Å². The second kappa shape index (κ2) is 3.42. The van der Waals surface area contributed by atoms with Crippen molar-refractivity contribution in [3.8, 4) is 0 Å². The molecule has 0 bridgehead atoms. The molecule has 0 amide bonds. The number of hydrogen-bond donors (Lipinski definition) is 1. The zero-order valence-electron chi connectivity index (χ0n) is 7.76. The second-order valence-corrected chi connectivity index (χ2v) is 4.28. The summed E-state index contributed by atoms with van der Waals surface area (Å²) in [5, 5.41) is 0. The van der Waals surface area contributed by atoms with Gasteiger partial charge in [-0.25, -0.2) is 4.98 Å². The highest BCUT2D eigenvalue weighted by atomic mass is 79.9. The monoisotopic (exact) mass is 243 g/mol. The third-order valence-corrected chi connectivity index (χ3v) is 3.22. The fourth-order valence-electron chi connectivity index (χ4n) is 1.88. The van der Waals surface area contributed by atoms with Crippen LogP contribution >= 0.6 is 15.9 Å². The molecular weight excluding hydrogens is 230 g/mol. The Kier molecular flexibility index (Phi) is 2.43. The minimum absolute atomic E-state index is 0.305. The van der Waals surface area contributed by atoms with Crippen molar-refractivity contribution in [3.63, 3.8) is 0 Å². The van der Waals surface area contributed by atoms with E-state index >= 15 is 0 Å². The minimum atomic E-state index is 0.305. The Balaban J connectivity index is 2.43. The Morgan fingerprint density at radius 2 is 2.46 bits per heavy atom. The number of fused-ring (bicyclic) bond motifs is 1. The van der Waals surface area contributed by atoms with E-state index < -0.39 is 0 Å². The molecule has 1 atom stereocenters. The molecule has 2 heterocycles.